The van der Waals surface area contributed by atoms with Gasteiger partial charge in [0.05, 0.1) is 10.9 Å². The zero-order chi connectivity index (χ0) is 18.7. The fourth-order valence-corrected chi connectivity index (χ4v) is 3.05. The number of benzene rings is 2. The summed E-state index contributed by atoms with van der Waals surface area (Å²) in [5.74, 6) is -0.733. The van der Waals surface area contributed by atoms with E-state index >= 15 is 0 Å². The molecule has 134 valence electrons. The Morgan fingerprint density at radius 1 is 1.19 bits per heavy atom. The molecule has 8 heteroatoms. The van der Waals surface area contributed by atoms with Gasteiger partial charge in [0, 0.05) is 29.5 Å². The molecule has 3 aromatic rings. The first-order chi connectivity index (χ1) is 12.5. The number of para-hydroxylation sites is 1. The van der Waals surface area contributed by atoms with Gasteiger partial charge in [0.2, 0.25) is 5.91 Å². The molecule has 1 aromatic heterocycles. The first-order valence-electron chi connectivity index (χ1n) is 7.88. The molecule has 0 saturated carbocycles. The maximum Gasteiger partial charge on any atom is 0.328 e. The first kappa shape index (κ1) is 18.1. The fraction of sp³-hybridized carbons (Fsp3) is 0.167. The van der Waals surface area contributed by atoms with Gasteiger partial charge in [0.1, 0.15) is 5.82 Å². The number of aromatic amines is 1. The summed E-state index contributed by atoms with van der Waals surface area (Å²) in [6.07, 6.45) is 0.0194. The Balaban J connectivity index is 1.70. The van der Waals surface area contributed by atoms with Crippen LogP contribution in [-0.4, -0.2) is 15.5 Å². The molecule has 2 N–H and O–H groups in total. The molecule has 0 fully saturated rings. The molecule has 0 atom stereocenters. The van der Waals surface area contributed by atoms with Gasteiger partial charge in [0.15, 0.2) is 0 Å². The minimum absolute atomic E-state index is 0.0194. The lowest BCUT2D eigenvalue weighted by atomic mass is 10.2. The van der Waals surface area contributed by atoms with Crippen LogP contribution in [0.3, 0.4) is 0 Å². The maximum atomic E-state index is 13.7. The Kier molecular flexibility index (Phi) is 5.32. The number of hydrogen-bond acceptors (Lipinski definition) is 3. The summed E-state index contributed by atoms with van der Waals surface area (Å²) in [6.45, 7) is 0.147. The van der Waals surface area contributed by atoms with Crippen LogP contribution in [0.5, 0.6) is 0 Å². The number of hydrogen-bond donors (Lipinski definition) is 2. The molecule has 6 nitrogen and oxygen atoms in total. The van der Waals surface area contributed by atoms with Gasteiger partial charge in [-0.05, 0) is 30.3 Å². The predicted octanol–water partition coefficient (Wildman–Crippen LogP) is 2.30. The van der Waals surface area contributed by atoms with Gasteiger partial charge in [-0.15, -0.1) is 0 Å². The second-order valence-corrected chi connectivity index (χ2v) is 6.61. The van der Waals surface area contributed by atoms with Crippen LogP contribution in [0.1, 0.15) is 12.0 Å². The smallest absolute Gasteiger partial charge is 0.328 e. The summed E-state index contributed by atoms with van der Waals surface area (Å²) in [6, 6.07) is 11.2. The third-order valence-electron chi connectivity index (χ3n) is 3.95. The second-order valence-electron chi connectivity index (χ2n) is 5.69. The summed E-state index contributed by atoms with van der Waals surface area (Å²) >= 11 is 3.25. The number of carbonyl (C=O) groups excluding carboxylic acids is 1. The van der Waals surface area contributed by atoms with Crippen LogP contribution in [0, 0.1) is 5.82 Å². The molecule has 0 spiro atoms. The number of nitrogens with one attached hydrogen (secondary N) is 2. The Labute approximate surface area is 155 Å². The number of carbonyl (C=O) groups is 1. The minimum atomic E-state index is -0.570. The van der Waals surface area contributed by atoms with Crippen molar-refractivity contribution in [2.45, 2.75) is 19.5 Å². The van der Waals surface area contributed by atoms with Crippen LogP contribution >= 0.6 is 15.9 Å². The molecule has 2 aromatic carbocycles. The van der Waals surface area contributed by atoms with E-state index in [0.717, 1.165) is 4.47 Å². The zero-order valence-electron chi connectivity index (χ0n) is 13.6. The summed E-state index contributed by atoms with van der Waals surface area (Å²) < 4.78 is 15.7. The van der Waals surface area contributed by atoms with Crippen molar-refractivity contribution in [3.05, 3.63) is 79.2 Å². The summed E-state index contributed by atoms with van der Waals surface area (Å²) in [5.41, 5.74) is -0.206. The molecule has 26 heavy (non-hydrogen) atoms. The molecular weight excluding hydrogens is 405 g/mol. The van der Waals surface area contributed by atoms with Crippen LogP contribution in [-0.2, 0) is 17.9 Å². The summed E-state index contributed by atoms with van der Waals surface area (Å²) in [7, 11) is 0. The molecule has 0 bridgehead atoms. The lowest BCUT2D eigenvalue weighted by molar-refractivity contribution is -0.121. The van der Waals surface area contributed by atoms with E-state index < -0.39 is 17.1 Å². The molecule has 0 radical (unpaired) electrons. The largest absolute Gasteiger partial charge is 0.352 e. The van der Waals surface area contributed by atoms with E-state index in [1.54, 1.807) is 36.4 Å². The molecule has 0 aliphatic carbocycles. The van der Waals surface area contributed by atoms with Crippen molar-refractivity contribution in [3.8, 4) is 0 Å². The number of H-pyrrole nitrogens is 1. The van der Waals surface area contributed by atoms with E-state index in [1.807, 2.05) is 0 Å². The van der Waals surface area contributed by atoms with E-state index in [0.29, 0.717) is 16.5 Å². The number of aryl methyl sites for hydroxylation is 1. The van der Waals surface area contributed by atoms with Crippen LogP contribution < -0.4 is 16.6 Å². The minimum Gasteiger partial charge on any atom is -0.352 e. The number of aromatic nitrogens is 2. The van der Waals surface area contributed by atoms with Crippen molar-refractivity contribution in [2.24, 2.45) is 0 Å². The van der Waals surface area contributed by atoms with E-state index in [4.69, 9.17) is 0 Å². The van der Waals surface area contributed by atoms with Gasteiger partial charge in [-0.2, -0.15) is 0 Å². The Morgan fingerprint density at radius 2 is 1.96 bits per heavy atom. The SMILES string of the molecule is O=C(CCn1c(=O)[nH]c(=O)c2ccccc21)NCc1cc(Br)ccc1F. The second kappa shape index (κ2) is 7.65. The van der Waals surface area contributed by atoms with Gasteiger partial charge in [-0.1, -0.05) is 28.1 Å². The molecule has 0 saturated heterocycles. The fourth-order valence-electron chi connectivity index (χ4n) is 2.64. The van der Waals surface area contributed by atoms with Crippen LogP contribution in [0.2, 0.25) is 0 Å². The standard InChI is InChI=1S/C18H15BrFN3O3/c19-12-5-6-14(20)11(9-12)10-21-16(24)7-8-23-15-4-2-1-3-13(15)17(25)22-18(23)26/h1-6,9H,7-8,10H2,(H,21,24)(H,22,25,26). The van der Waals surface area contributed by atoms with Crippen molar-refractivity contribution in [2.75, 3.05) is 0 Å². The van der Waals surface area contributed by atoms with E-state index in [-0.39, 0.29) is 25.4 Å². The summed E-state index contributed by atoms with van der Waals surface area (Å²) in [4.78, 5) is 38.2. The Morgan fingerprint density at radius 3 is 2.77 bits per heavy atom. The van der Waals surface area contributed by atoms with E-state index in [1.165, 1.54) is 10.6 Å². The van der Waals surface area contributed by atoms with E-state index in [2.05, 4.69) is 26.2 Å². The lowest BCUT2D eigenvalue weighted by Crippen LogP contribution is -2.32. The van der Waals surface area contributed by atoms with Gasteiger partial charge in [-0.3, -0.25) is 19.1 Å². The maximum absolute atomic E-state index is 13.7. The summed E-state index contributed by atoms with van der Waals surface area (Å²) in [5, 5.41) is 3.01. The topological polar surface area (TPSA) is 84.0 Å². The molecule has 3 rings (SSSR count). The zero-order valence-corrected chi connectivity index (χ0v) is 15.2. The molecule has 0 unspecified atom stereocenters. The Bertz CT molecular complexity index is 1090. The molecule has 0 aliphatic rings. The van der Waals surface area contributed by atoms with Crippen LogP contribution in [0.15, 0.2) is 56.5 Å². The van der Waals surface area contributed by atoms with Crippen molar-refractivity contribution in [1.82, 2.24) is 14.9 Å². The average molecular weight is 420 g/mol. The average Bonchev–Trinajstić information content (AvgIpc) is 2.62. The number of fused-ring (bicyclic) bond motifs is 1. The highest BCUT2D eigenvalue weighted by atomic mass is 79.9. The third-order valence-corrected chi connectivity index (χ3v) is 4.44. The van der Waals surface area contributed by atoms with E-state index in [9.17, 15) is 18.8 Å². The van der Waals surface area contributed by atoms with Gasteiger partial charge in [-0.25, -0.2) is 9.18 Å². The van der Waals surface area contributed by atoms with Crippen LogP contribution in [0.4, 0.5) is 4.39 Å². The van der Waals surface area contributed by atoms with Crippen molar-refractivity contribution in [3.63, 3.8) is 0 Å². The number of nitrogens with zero attached hydrogens (tertiary/aromatic N) is 1. The monoisotopic (exact) mass is 419 g/mol. The van der Waals surface area contributed by atoms with Gasteiger partial charge in [0.25, 0.3) is 5.56 Å². The molecule has 0 aliphatic heterocycles. The van der Waals surface area contributed by atoms with Crippen molar-refractivity contribution < 1.29 is 9.18 Å². The van der Waals surface area contributed by atoms with Crippen LogP contribution in [0.25, 0.3) is 10.9 Å². The molecular formula is C18H15BrFN3O3. The highest BCUT2D eigenvalue weighted by Gasteiger charge is 2.10. The third kappa shape index (κ3) is 3.91. The predicted molar refractivity (Wildman–Crippen MR) is 99.4 cm³/mol. The highest BCUT2D eigenvalue weighted by molar-refractivity contribution is 9.10. The van der Waals surface area contributed by atoms with Crippen molar-refractivity contribution in [1.29, 1.82) is 0 Å². The van der Waals surface area contributed by atoms with Crippen molar-refractivity contribution >= 4 is 32.7 Å². The highest BCUT2D eigenvalue weighted by Crippen LogP contribution is 2.15. The van der Waals surface area contributed by atoms with Gasteiger partial charge >= 0.3 is 5.69 Å². The first-order valence-corrected chi connectivity index (χ1v) is 8.67. The lowest BCUT2D eigenvalue weighted by Gasteiger charge is -2.10. The normalized spacial score (nSPS) is 10.8. The number of rotatable bonds is 5. The number of halogens is 2. The van der Waals surface area contributed by atoms with Gasteiger partial charge < -0.3 is 5.32 Å². The number of amides is 1. The molecule has 1 heterocycles. The quantitative estimate of drug-likeness (QED) is 0.665. The Hall–Kier alpha value is -2.74. The molecule has 1 amide bonds.